The maximum absolute atomic E-state index is 12.2. The van der Waals surface area contributed by atoms with E-state index >= 15 is 0 Å². The zero-order valence-electron chi connectivity index (χ0n) is 14.8. The molecule has 2 aromatic rings. The number of carbonyl (C=O) groups excluding carboxylic acids is 1. The number of Topliss-reactive ketones (excluding diaryl/α,β-unsaturated/α-hetero) is 1. The lowest BCUT2D eigenvalue weighted by atomic mass is 9.92. The van der Waals surface area contributed by atoms with Crippen LogP contribution in [0.5, 0.6) is 5.75 Å². The first-order valence-electron chi connectivity index (χ1n) is 8.31. The summed E-state index contributed by atoms with van der Waals surface area (Å²) >= 11 is 17.3. The summed E-state index contributed by atoms with van der Waals surface area (Å²) in [6.45, 7) is 3.71. The Labute approximate surface area is 173 Å². The summed E-state index contributed by atoms with van der Waals surface area (Å²) in [5.41, 5.74) is 3.11. The van der Waals surface area contributed by atoms with E-state index in [2.05, 4.69) is 10.6 Å². The van der Waals surface area contributed by atoms with Gasteiger partial charge in [0, 0.05) is 16.8 Å². The molecule has 7 heteroatoms. The molecular weight excluding hydrogens is 403 g/mol. The normalized spacial score (nSPS) is 16.6. The van der Waals surface area contributed by atoms with E-state index in [1.54, 1.807) is 19.1 Å². The van der Waals surface area contributed by atoms with E-state index in [1.807, 2.05) is 37.3 Å². The fraction of sp³-hybridized carbons (Fsp3) is 0.200. The van der Waals surface area contributed by atoms with Gasteiger partial charge in [-0.1, -0.05) is 47.5 Å². The van der Waals surface area contributed by atoms with E-state index < -0.39 is 0 Å². The topological polar surface area (TPSA) is 50.4 Å². The number of hydrogen-bond acceptors (Lipinski definition) is 3. The van der Waals surface area contributed by atoms with Gasteiger partial charge in [-0.05, 0) is 49.8 Å². The van der Waals surface area contributed by atoms with Crippen molar-refractivity contribution in [2.45, 2.75) is 26.5 Å². The second kappa shape index (κ2) is 8.30. The zero-order valence-corrected chi connectivity index (χ0v) is 17.1. The Morgan fingerprint density at radius 2 is 1.93 bits per heavy atom. The summed E-state index contributed by atoms with van der Waals surface area (Å²) in [5.74, 6) is 0.636. The molecular formula is C20H18Cl2N2O2S. The minimum absolute atomic E-state index is 0.0284. The lowest BCUT2D eigenvalue weighted by molar-refractivity contribution is -0.114. The van der Waals surface area contributed by atoms with Gasteiger partial charge >= 0.3 is 0 Å². The Hall–Kier alpha value is -2.08. The fourth-order valence-electron chi connectivity index (χ4n) is 3.04. The van der Waals surface area contributed by atoms with Crippen LogP contribution >= 0.6 is 35.4 Å². The molecule has 0 aliphatic carbocycles. The number of thiocarbonyl (C=S) groups is 1. The van der Waals surface area contributed by atoms with Crippen molar-refractivity contribution in [3.63, 3.8) is 0 Å². The summed E-state index contributed by atoms with van der Waals surface area (Å²) < 4.78 is 6.03. The van der Waals surface area contributed by atoms with Gasteiger partial charge in [-0.2, -0.15) is 0 Å². The molecule has 0 amide bonds. The molecule has 4 nitrogen and oxygen atoms in total. The number of rotatable bonds is 5. The molecule has 0 saturated carbocycles. The molecule has 3 rings (SSSR count). The van der Waals surface area contributed by atoms with E-state index in [0.29, 0.717) is 33.1 Å². The monoisotopic (exact) mass is 420 g/mol. The Kier molecular flexibility index (Phi) is 6.05. The highest BCUT2D eigenvalue weighted by molar-refractivity contribution is 7.80. The fourth-order valence-corrected chi connectivity index (χ4v) is 3.63. The number of para-hydroxylation sites is 1. The Morgan fingerprint density at radius 1 is 1.19 bits per heavy atom. The standard InChI is InChI=1S/C20H18Cl2N2O2S/c1-11-18(12(2)25)19(24-20(27)23-11)14-5-3-4-6-17(14)26-10-13-7-8-15(21)16(22)9-13/h3-9,19H,10H2,1-2H3,(H2,23,24,27). The van der Waals surface area contributed by atoms with Crippen LogP contribution in [-0.2, 0) is 11.4 Å². The van der Waals surface area contributed by atoms with Crippen molar-refractivity contribution in [1.29, 1.82) is 0 Å². The van der Waals surface area contributed by atoms with Gasteiger partial charge in [0.05, 0.1) is 16.1 Å². The molecule has 140 valence electrons. The molecule has 2 aromatic carbocycles. The maximum atomic E-state index is 12.2. The van der Waals surface area contributed by atoms with Crippen LogP contribution in [0, 0.1) is 0 Å². The first-order chi connectivity index (χ1) is 12.9. The van der Waals surface area contributed by atoms with E-state index in [4.69, 9.17) is 40.2 Å². The van der Waals surface area contributed by atoms with Crippen molar-refractivity contribution in [3.8, 4) is 5.75 Å². The van der Waals surface area contributed by atoms with Gasteiger partial charge in [-0.3, -0.25) is 4.79 Å². The summed E-state index contributed by atoms with van der Waals surface area (Å²) in [6.07, 6.45) is 0. The predicted octanol–water partition coefficient (Wildman–Crippen LogP) is 4.95. The number of carbonyl (C=O) groups is 1. The van der Waals surface area contributed by atoms with Crippen molar-refractivity contribution in [3.05, 3.63) is 74.9 Å². The van der Waals surface area contributed by atoms with E-state index in [-0.39, 0.29) is 11.8 Å². The van der Waals surface area contributed by atoms with E-state index in [1.165, 1.54) is 0 Å². The molecule has 1 aliphatic rings. The third kappa shape index (κ3) is 4.43. The first kappa shape index (κ1) is 19.7. The number of hydrogen-bond donors (Lipinski definition) is 2. The van der Waals surface area contributed by atoms with E-state index in [0.717, 1.165) is 16.8 Å². The summed E-state index contributed by atoms with van der Waals surface area (Å²) in [6, 6.07) is 12.6. The number of nitrogens with one attached hydrogen (secondary N) is 2. The van der Waals surface area contributed by atoms with Crippen molar-refractivity contribution >= 4 is 46.3 Å². The molecule has 0 aromatic heterocycles. The molecule has 2 N–H and O–H groups in total. The highest BCUT2D eigenvalue weighted by Gasteiger charge is 2.29. The third-order valence-electron chi connectivity index (χ3n) is 4.26. The number of allylic oxidation sites excluding steroid dienone is 1. The molecule has 0 saturated heterocycles. The van der Waals surface area contributed by atoms with Crippen LogP contribution in [0.15, 0.2) is 53.7 Å². The largest absolute Gasteiger partial charge is 0.489 e. The average Bonchev–Trinajstić information content (AvgIpc) is 2.62. The predicted molar refractivity (Wildman–Crippen MR) is 112 cm³/mol. The van der Waals surface area contributed by atoms with Crippen molar-refractivity contribution in [1.82, 2.24) is 10.6 Å². The lowest BCUT2D eigenvalue weighted by Gasteiger charge is -2.30. The van der Waals surface area contributed by atoms with Crippen LogP contribution in [0.3, 0.4) is 0 Å². The van der Waals surface area contributed by atoms with E-state index in [9.17, 15) is 4.79 Å². The second-order valence-electron chi connectivity index (χ2n) is 6.20. The average molecular weight is 421 g/mol. The van der Waals surface area contributed by atoms with Gasteiger partial charge in [0.15, 0.2) is 10.9 Å². The van der Waals surface area contributed by atoms with Gasteiger partial charge in [-0.25, -0.2) is 0 Å². The zero-order chi connectivity index (χ0) is 19.6. The summed E-state index contributed by atoms with van der Waals surface area (Å²) in [4.78, 5) is 12.2. The molecule has 1 atom stereocenters. The highest BCUT2D eigenvalue weighted by atomic mass is 35.5. The lowest BCUT2D eigenvalue weighted by Crippen LogP contribution is -2.44. The van der Waals surface area contributed by atoms with Gasteiger partial charge < -0.3 is 15.4 Å². The minimum Gasteiger partial charge on any atom is -0.489 e. The van der Waals surface area contributed by atoms with Crippen LogP contribution in [-0.4, -0.2) is 10.9 Å². The van der Waals surface area contributed by atoms with Crippen LogP contribution in [0.2, 0.25) is 10.0 Å². The second-order valence-corrected chi connectivity index (χ2v) is 7.42. The molecule has 0 spiro atoms. The third-order valence-corrected chi connectivity index (χ3v) is 5.22. The van der Waals surface area contributed by atoms with Crippen LogP contribution in [0.4, 0.5) is 0 Å². The molecule has 1 aliphatic heterocycles. The number of benzene rings is 2. The van der Waals surface area contributed by atoms with Crippen LogP contribution in [0.1, 0.15) is 31.0 Å². The van der Waals surface area contributed by atoms with Crippen molar-refractivity contribution < 1.29 is 9.53 Å². The molecule has 1 heterocycles. The number of halogens is 2. The van der Waals surface area contributed by atoms with Gasteiger partial charge in [0.25, 0.3) is 0 Å². The smallest absolute Gasteiger partial charge is 0.171 e. The quantitative estimate of drug-likeness (QED) is 0.669. The maximum Gasteiger partial charge on any atom is 0.171 e. The number of ketones is 1. The SMILES string of the molecule is CC(=O)C1=C(C)NC(=S)NC1c1ccccc1OCc1ccc(Cl)c(Cl)c1. The Morgan fingerprint density at radius 3 is 2.63 bits per heavy atom. The highest BCUT2D eigenvalue weighted by Crippen LogP contribution is 2.34. The van der Waals surface area contributed by atoms with Gasteiger partial charge in [0.2, 0.25) is 0 Å². The van der Waals surface area contributed by atoms with Gasteiger partial charge in [0.1, 0.15) is 12.4 Å². The van der Waals surface area contributed by atoms with Crippen molar-refractivity contribution in [2.24, 2.45) is 0 Å². The molecule has 1 unspecified atom stereocenters. The minimum atomic E-state index is -0.374. The van der Waals surface area contributed by atoms with Crippen LogP contribution in [0.25, 0.3) is 0 Å². The summed E-state index contributed by atoms with van der Waals surface area (Å²) in [7, 11) is 0. The Bertz CT molecular complexity index is 943. The molecule has 27 heavy (non-hydrogen) atoms. The molecule has 0 radical (unpaired) electrons. The van der Waals surface area contributed by atoms with Crippen LogP contribution < -0.4 is 15.4 Å². The number of ether oxygens (including phenoxy) is 1. The van der Waals surface area contributed by atoms with Crippen molar-refractivity contribution in [2.75, 3.05) is 0 Å². The molecule has 0 fully saturated rings. The Balaban J connectivity index is 1.91. The molecule has 0 bridgehead atoms. The summed E-state index contributed by atoms with van der Waals surface area (Å²) in [5, 5.41) is 7.64. The first-order valence-corrected chi connectivity index (χ1v) is 9.48. The van der Waals surface area contributed by atoms with Gasteiger partial charge in [-0.15, -0.1) is 0 Å².